The Bertz CT molecular complexity index is 1220. The van der Waals surface area contributed by atoms with Gasteiger partial charge in [-0.15, -0.1) is 0 Å². The molecule has 3 aromatic rings. The Labute approximate surface area is 191 Å². The summed E-state index contributed by atoms with van der Waals surface area (Å²) in [6, 6.07) is 14.0. The molecular weight excluding hydrogens is 424 g/mol. The number of rotatable bonds is 7. The molecule has 0 saturated carbocycles. The highest BCUT2D eigenvalue weighted by Crippen LogP contribution is 2.38. The summed E-state index contributed by atoms with van der Waals surface area (Å²) in [5, 5.41) is 14.2. The van der Waals surface area contributed by atoms with Gasteiger partial charge in [-0.3, -0.25) is 14.4 Å². The van der Waals surface area contributed by atoms with E-state index in [1.54, 1.807) is 30.3 Å². The summed E-state index contributed by atoms with van der Waals surface area (Å²) in [7, 11) is 3.02. The lowest BCUT2D eigenvalue weighted by Gasteiger charge is -2.16. The Morgan fingerprint density at radius 2 is 1.73 bits per heavy atom. The molecule has 0 aliphatic heterocycles. The van der Waals surface area contributed by atoms with E-state index in [2.05, 4.69) is 5.32 Å². The molecule has 0 fully saturated rings. The SMILES string of the molecule is CNC(=O)c1cc(Oc2ccc(COC(=O)CN(C)C(C)=O)cc2C)c2ccccc2c1O. The van der Waals surface area contributed by atoms with Gasteiger partial charge in [0.05, 0.1) is 5.56 Å². The number of esters is 1. The van der Waals surface area contributed by atoms with Gasteiger partial charge in [-0.05, 0) is 36.2 Å². The number of carbonyl (C=O) groups is 3. The van der Waals surface area contributed by atoms with Crippen LogP contribution in [0.5, 0.6) is 17.2 Å². The maximum Gasteiger partial charge on any atom is 0.325 e. The molecule has 0 radical (unpaired) electrons. The number of aryl methyl sites for hydroxylation is 1. The largest absolute Gasteiger partial charge is 0.506 e. The Balaban J connectivity index is 1.82. The van der Waals surface area contributed by atoms with Crippen LogP contribution in [0.1, 0.15) is 28.4 Å². The first kappa shape index (κ1) is 23.6. The number of nitrogens with zero attached hydrogens (tertiary/aromatic N) is 1. The normalized spacial score (nSPS) is 10.5. The lowest BCUT2D eigenvalue weighted by atomic mass is 10.0. The fraction of sp³-hybridized carbons (Fsp3) is 0.240. The second-order valence-corrected chi connectivity index (χ2v) is 7.63. The monoisotopic (exact) mass is 450 g/mol. The van der Waals surface area contributed by atoms with Crippen molar-refractivity contribution in [3.05, 3.63) is 65.2 Å². The topological polar surface area (TPSA) is 105 Å². The summed E-state index contributed by atoms with van der Waals surface area (Å²) in [6.45, 7) is 3.18. The number of hydrogen-bond acceptors (Lipinski definition) is 6. The van der Waals surface area contributed by atoms with Gasteiger partial charge in [-0.2, -0.15) is 0 Å². The van der Waals surface area contributed by atoms with E-state index in [-0.39, 0.29) is 30.4 Å². The average molecular weight is 450 g/mol. The number of aromatic hydroxyl groups is 1. The van der Waals surface area contributed by atoms with E-state index in [0.29, 0.717) is 22.3 Å². The minimum absolute atomic E-state index is 0.0641. The van der Waals surface area contributed by atoms with E-state index < -0.39 is 11.9 Å². The summed E-state index contributed by atoms with van der Waals surface area (Å²) in [6.07, 6.45) is 0. The first-order chi connectivity index (χ1) is 15.7. The third-order valence-electron chi connectivity index (χ3n) is 5.21. The molecule has 0 aliphatic rings. The highest BCUT2D eigenvalue weighted by atomic mass is 16.5. The van der Waals surface area contributed by atoms with Gasteiger partial charge in [0.1, 0.15) is 30.4 Å². The standard InChI is InChI=1S/C25H26N2O6/c1-15-11-17(14-32-23(29)13-27(4)16(2)28)9-10-21(15)33-22-12-20(25(31)26-3)24(30)19-8-6-5-7-18(19)22/h5-12,30H,13-14H2,1-4H3,(H,26,31). The summed E-state index contributed by atoms with van der Waals surface area (Å²) in [5.41, 5.74) is 1.67. The quantitative estimate of drug-likeness (QED) is 0.534. The molecule has 172 valence electrons. The van der Waals surface area contributed by atoms with Crippen molar-refractivity contribution in [3.63, 3.8) is 0 Å². The lowest BCUT2D eigenvalue weighted by molar-refractivity contribution is -0.149. The van der Waals surface area contributed by atoms with E-state index in [0.717, 1.165) is 11.1 Å². The van der Waals surface area contributed by atoms with Crippen molar-refractivity contribution in [1.82, 2.24) is 10.2 Å². The fourth-order valence-corrected chi connectivity index (χ4v) is 3.27. The average Bonchev–Trinajstić information content (AvgIpc) is 2.80. The van der Waals surface area contributed by atoms with Crippen LogP contribution in [0.15, 0.2) is 48.5 Å². The predicted molar refractivity (Wildman–Crippen MR) is 123 cm³/mol. The molecule has 8 heteroatoms. The van der Waals surface area contributed by atoms with Crippen LogP contribution in [0.3, 0.4) is 0 Å². The van der Waals surface area contributed by atoms with Gasteiger partial charge in [0, 0.05) is 31.8 Å². The number of ether oxygens (including phenoxy) is 2. The Hall–Kier alpha value is -4.07. The first-order valence-electron chi connectivity index (χ1n) is 10.3. The Morgan fingerprint density at radius 3 is 2.36 bits per heavy atom. The van der Waals surface area contributed by atoms with Gasteiger partial charge in [-0.25, -0.2) is 0 Å². The van der Waals surface area contributed by atoms with Crippen molar-refractivity contribution in [2.75, 3.05) is 20.6 Å². The van der Waals surface area contributed by atoms with Crippen LogP contribution in [0.4, 0.5) is 0 Å². The number of phenols is 1. The number of likely N-dealkylation sites (N-methyl/N-ethyl adjacent to an activating group) is 1. The summed E-state index contributed by atoms with van der Waals surface area (Å²) in [5.74, 6) is -0.265. The van der Waals surface area contributed by atoms with Gasteiger partial charge < -0.3 is 24.8 Å². The van der Waals surface area contributed by atoms with Crippen LogP contribution in [-0.4, -0.2) is 48.4 Å². The van der Waals surface area contributed by atoms with Crippen LogP contribution in [0.25, 0.3) is 10.8 Å². The number of fused-ring (bicyclic) bond motifs is 1. The van der Waals surface area contributed by atoms with Crippen LogP contribution >= 0.6 is 0 Å². The smallest absolute Gasteiger partial charge is 0.325 e. The summed E-state index contributed by atoms with van der Waals surface area (Å²) < 4.78 is 11.4. The summed E-state index contributed by atoms with van der Waals surface area (Å²) >= 11 is 0. The highest BCUT2D eigenvalue weighted by Gasteiger charge is 2.18. The molecule has 0 saturated heterocycles. The minimum atomic E-state index is -0.497. The van der Waals surface area contributed by atoms with Crippen molar-refractivity contribution in [2.24, 2.45) is 0 Å². The molecule has 0 bridgehead atoms. The van der Waals surface area contributed by atoms with E-state index in [4.69, 9.17) is 9.47 Å². The molecule has 0 atom stereocenters. The third kappa shape index (κ3) is 5.41. The Kier molecular flexibility index (Phi) is 7.17. The van der Waals surface area contributed by atoms with Crippen LogP contribution in [0.2, 0.25) is 0 Å². The molecule has 3 aromatic carbocycles. The van der Waals surface area contributed by atoms with Gasteiger partial charge in [0.25, 0.3) is 5.91 Å². The molecule has 2 amide bonds. The molecule has 0 unspecified atom stereocenters. The van der Waals surface area contributed by atoms with Crippen molar-refractivity contribution in [3.8, 4) is 17.2 Å². The van der Waals surface area contributed by atoms with Gasteiger partial charge in [0.2, 0.25) is 5.91 Å². The van der Waals surface area contributed by atoms with E-state index >= 15 is 0 Å². The zero-order valence-corrected chi connectivity index (χ0v) is 19.0. The summed E-state index contributed by atoms with van der Waals surface area (Å²) in [4.78, 5) is 36.6. The maximum atomic E-state index is 12.2. The number of phenolic OH excluding ortho intramolecular Hbond substituents is 1. The first-order valence-corrected chi connectivity index (χ1v) is 10.3. The second-order valence-electron chi connectivity index (χ2n) is 7.63. The van der Waals surface area contributed by atoms with E-state index in [9.17, 15) is 19.5 Å². The van der Waals surface area contributed by atoms with Crippen molar-refractivity contribution in [1.29, 1.82) is 0 Å². The molecule has 3 rings (SSSR count). The van der Waals surface area contributed by atoms with E-state index in [1.807, 2.05) is 19.1 Å². The zero-order valence-electron chi connectivity index (χ0n) is 19.0. The number of hydrogen-bond donors (Lipinski definition) is 2. The molecule has 0 aromatic heterocycles. The lowest BCUT2D eigenvalue weighted by Crippen LogP contribution is -2.31. The van der Waals surface area contributed by atoms with Crippen LogP contribution < -0.4 is 10.1 Å². The predicted octanol–water partition coefficient (Wildman–Crippen LogP) is 3.53. The van der Waals surface area contributed by atoms with Crippen LogP contribution in [0, 0.1) is 6.92 Å². The van der Waals surface area contributed by atoms with Crippen molar-refractivity contribution < 1.29 is 29.0 Å². The fourth-order valence-electron chi connectivity index (χ4n) is 3.27. The third-order valence-corrected chi connectivity index (χ3v) is 5.21. The van der Waals surface area contributed by atoms with Gasteiger partial charge in [-0.1, -0.05) is 30.3 Å². The number of carbonyl (C=O) groups excluding carboxylic acids is 3. The number of benzene rings is 3. The van der Waals surface area contributed by atoms with Gasteiger partial charge >= 0.3 is 5.97 Å². The molecule has 33 heavy (non-hydrogen) atoms. The zero-order chi connectivity index (χ0) is 24.1. The molecule has 0 aliphatic carbocycles. The van der Waals surface area contributed by atoms with E-state index in [1.165, 1.54) is 32.0 Å². The highest BCUT2D eigenvalue weighted by molar-refractivity contribution is 6.05. The van der Waals surface area contributed by atoms with Crippen LogP contribution in [-0.2, 0) is 20.9 Å². The van der Waals surface area contributed by atoms with Gasteiger partial charge in [0.15, 0.2) is 0 Å². The Morgan fingerprint density at radius 1 is 1.03 bits per heavy atom. The molecule has 2 N–H and O–H groups in total. The maximum absolute atomic E-state index is 12.2. The molecular formula is C25H26N2O6. The molecule has 0 spiro atoms. The second kappa shape index (κ2) is 10.0. The molecule has 8 nitrogen and oxygen atoms in total. The van der Waals surface area contributed by atoms with Crippen molar-refractivity contribution in [2.45, 2.75) is 20.5 Å². The molecule has 0 heterocycles. The number of amides is 2. The number of nitrogens with one attached hydrogen (secondary N) is 1. The minimum Gasteiger partial charge on any atom is -0.506 e. The van der Waals surface area contributed by atoms with Crippen molar-refractivity contribution >= 4 is 28.6 Å².